The largest absolute Gasteiger partial charge is 0.496 e. The van der Waals surface area contributed by atoms with Gasteiger partial charge in [0, 0.05) is 31.2 Å². The summed E-state index contributed by atoms with van der Waals surface area (Å²) in [7, 11) is 1.67. The Labute approximate surface area is 98.3 Å². The lowest BCUT2D eigenvalue weighted by Gasteiger charge is -2.27. The van der Waals surface area contributed by atoms with Gasteiger partial charge in [0.05, 0.1) is 11.6 Å². The fraction of sp³-hybridized carbons (Fsp3) is 0.455. The van der Waals surface area contributed by atoms with Crippen molar-refractivity contribution in [1.82, 2.24) is 5.32 Å². The molecule has 1 aromatic rings. The molecule has 82 valence electrons. The van der Waals surface area contributed by atoms with Crippen molar-refractivity contribution >= 4 is 21.6 Å². The molecular weight excluding hydrogens is 256 g/mol. The molecule has 0 saturated carbocycles. The molecule has 0 aromatic heterocycles. The van der Waals surface area contributed by atoms with Gasteiger partial charge in [-0.25, -0.2) is 0 Å². The summed E-state index contributed by atoms with van der Waals surface area (Å²) in [5, 5.41) is 6.67. The molecule has 1 saturated heterocycles. The average molecular weight is 271 g/mol. The van der Waals surface area contributed by atoms with E-state index in [0.29, 0.717) is 0 Å². The van der Waals surface area contributed by atoms with Crippen LogP contribution in [0, 0.1) is 5.92 Å². The molecular formula is C11H15BrN2O. The second kappa shape index (κ2) is 4.86. The summed E-state index contributed by atoms with van der Waals surface area (Å²) in [5.74, 6) is 1.64. The molecule has 0 atom stereocenters. The second-order valence-electron chi connectivity index (χ2n) is 3.75. The van der Waals surface area contributed by atoms with Gasteiger partial charge in [0.15, 0.2) is 0 Å². The Balaban J connectivity index is 1.93. The number of ether oxygens (including phenoxy) is 1. The molecule has 0 unspecified atom stereocenters. The van der Waals surface area contributed by atoms with E-state index in [-0.39, 0.29) is 0 Å². The van der Waals surface area contributed by atoms with E-state index < -0.39 is 0 Å². The molecule has 1 aromatic carbocycles. The van der Waals surface area contributed by atoms with E-state index >= 15 is 0 Å². The van der Waals surface area contributed by atoms with Crippen LogP contribution in [0.25, 0.3) is 0 Å². The summed E-state index contributed by atoms with van der Waals surface area (Å²) in [4.78, 5) is 0. The fourth-order valence-corrected chi connectivity index (χ4v) is 2.07. The lowest BCUT2D eigenvalue weighted by molar-refractivity contribution is 0.365. The van der Waals surface area contributed by atoms with Crippen LogP contribution < -0.4 is 15.4 Å². The van der Waals surface area contributed by atoms with Crippen molar-refractivity contribution in [1.29, 1.82) is 0 Å². The Bertz CT molecular complexity index is 339. The van der Waals surface area contributed by atoms with E-state index in [0.717, 1.165) is 41.5 Å². The first kappa shape index (κ1) is 10.8. The van der Waals surface area contributed by atoms with Crippen LogP contribution in [0.15, 0.2) is 22.7 Å². The lowest BCUT2D eigenvalue weighted by Crippen LogP contribution is -2.45. The second-order valence-corrected chi connectivity index (χ2v) is 4.61. The van der Waals surface area contributed by atoms with Crippen molar-refractivity contribution in [2.45, 2.75) is 0 Å². The zero-order valence-corrected chi connectivity index (χ0v) is 10.3. The van der Waals surface area contributed by atoms with Gasteiger partial charge in [0.1, 0.15) is 5.75 Å². The predicted octanol–water partition coefficient (Wildman–Crippen LogP) is 2.09. The molecule has 0 radical (unpaired) electrons. The number of benzene rings is 1. The summed E-state index contributed by atoms with van der Waals surface area (Å²) in [6, 6.07) is 6.05. The predicted molar refractivity (Wildman–Crippen MR) is 65.5 cm³/mol. The van der Waals surface area contributed by atoms with Gasteiger partial charge in [-0.1, -0.05) is 0 Å². The molecule has 0 amide bonds. The number of hydrogen-bond donors (Lipinski definition) is 2. The molecule has 1 fully saturated rings. The third-order valence-corrected chi connectivity index (χ3v) is 3.23. The lowest BCUT2D eigenvalue weighted by atomic mass is 10.0. The van der Waals surface area contributed by atoms with Crippen LogP contribution in [0.2, 0.25) is 0 Å². The first-order valence-corrected chi connectivity index (χ1v) is 5.87. The standard InChI is InChI=1S/C11H15BrN2O/c1-15-11-3-2-9(4-10(11)12)14-7-8-5-13-6-8/h2-4,8,13-14H,5-7H2,1H3. The van der Waals surface area contributed by atoms with Crippen LogP contribution in [0.1, 0.15) is 0 Å². The van der Waals surface area contributed by atoms with Crippen LogP contribution in [0.4, 0.5) is 5.69 Å². The number of hydrogen-bond acceptors (Lipinski definition) is 3. The van der Waals surface area contributed by atoms with E-state index in [9.17, 15) is 0 Å². The fourth-order valence-electron chi connectivity index (χ4n) is 1.53. The molecule has 3 nitrogen and oxygen atoms in total. The van der Waals surface area contributed by atoms with Gasteiger partial charge < -0.3 is 15.4 Å². The van der Waals surface area contributed by atoms with Gasteiger partial charge in [-0.2, -0.15) is 0 Å². The Morgan fingerprint density at radius 2 is 2.33 bits per heavy atom. The Morgan fingerprint density at radius 1 is 1.53 bits per heavy atom. The summed E-state index contributed by atoms with van der Waals surface area (Å²) in [6.45, 7) is 3.29. The molecule has 4 heteroatoms. The normalized spacial score (nSPS) is 15.9. The molecule has 1 aliphatic heterocycles. The van der Waals surface area contributed by atoms with Crippen molar-refractivity contribution in [3.63, 3.8) is 0 Å². The van der Waals surface area contributed by atoms with Crippen molar-refractivity contribution in [2.75, 3.05) is 32.1 Å². The number of rotatable bonds is 4. The molecule has 15 heavy (non-hydrogen) atoms. The maximum atomic E-state index is 5.17. The highest BCUT2D eigenvalue weighted by Crippen LogP contribution is 2.27. The first-order valence-electron chi connectivity index (χ1n) is 5.07. The number of nitrogens with one attached hydrogen (secondary N) is 2. The summed E-state index contributed by atoms with van der Waals surface area (Å²) in [6.07, 6.45) is 0. The van der Waals surface area contributed by atoms with Gasteiger partial charge in [-0.3, -0.25) is 0 Å². The average Bonchev–Trinajstić information content (AvgIpc) is 2.16. The van der Waals surface area contributed by atoms with Crippen LogP contribution in [-0.4, -0.2) is 26.7 Å². The van der Waals surface area contributed by atoms with Gasteiger partial charge >= 0.3 is 0 Å². The number of halogens is 1. The summed E-state index contributed by atoms with van der Waals surface area (Å²) >= 11 is 3.47. The highest BCUT2D eigenvalue weighted by molar-refractivity contribution is 9.10. The zero-order chi connectivity index (χ0) is 10.7. The maximum Gasteiger partial charge on any atom is 0.133 e. The Morgan fingerprint density at radius 3 is 2.87 bits per heavy atom. The first-order chi connectivity index (χ1) is 7.29. The number of anilines is 1. The molecule has 1 heterocycles. The van der Waals surface area contributed by atoms with Crippen molar-refractivity contribution in [3.8, 4) is 5.75 Å². The van der Waals surface area contributed by atoms with Crippen molar-refractivity contribution in [3.05, 3.63) is 22.7 Å². The molecule has 0 spiro atoms. The van der Waals surface area contributed by atoms with E-state index in [4.69, 9.17) is 4.74 Å². The number of methoxy groups -OCH3 is 1. The van der Waals surface area contributed by atoms with E-state index in [2.05, 4.69) is 26.6 Å². The van der Waals surface area contributed by atoms with Gasteiger partial charge in [-0.05, 0) is 34.1 Å². The van der Waals surface area contributed by atoms with Gasteiger partial charge in [-0.15, -0.1) is 0 Å². The minimum atomic E-state index is 0.769. The van der Waals surface area contributed by atoms with E-state index in [1.807, 2.05) is 18.2 Å². The Hall–Kier alpha value is -0.740. The minimum absolute atomic E-state index is 0.769. The highest BCUT2D eigenvalue weighted by atomic mass is 79.9. The molecule has 2 rings (SSSR count). The topological polar surface area (TPSA) is 33.3 Å². The quantitative estimate of drug-likeness (QED) is 0.879. The summed E-state index contributed by atoms with van der Waals surface area (Å²) in [5.41, 5.74) is 1.13. The monoisotopic (exact) mass is 270 g/mol. The van der Waals surface area contributed by atoms with E-state index in [1.54, 1.807) is 7.11 Å². The molecule has 0 aliphatic carbocycles. The highest BCUT2D eigenvalue weighted by Gasteiger charge is 2.15. The third-order valence-electron chi connectivity index (χ3n) is 2.61. The maximum absolute atomic E-state index is 5.17. The Kier molecular flexibility index (Phi) is 3.49. The molecule has 0 bridgehead atoms. The third kappa shape index (κ3) is 2.63. The zero-order valence-electron chi connectivity index (χ0n) is 8.72. The minimum Gasteiger partial charge on any atom is -0.496 e. The van der Waals surface area contributed by atoms with Crippen LogP contribution in [-0.2, 0) is 0 Å². The van der Waals surface area contributed by atoms with E-state index in [1.165, 1.54) is 0 Å². The van der Waals surface area contributed by atoms with Crippen LogP contribution in [0.3, 0.4) is 0 Å². The summed E-state index contributed by atoms with van der Waals surface area (Å²) < 4.78 is 6.16. The van der Waals surface area contributed by atoms with Gasteiger partial charge in [0.25, 0.3) is 0 Å². The molecule has 2 N–H and O–H groups in total. The van der Waals surface area contributed by atoms with Gasteiger partial charge in [0.2, 0.25) is 0 Å². The van der Waals surface area contributed by atoms with Crippen LogP contribution >= 0.6 is 15.9 Å². The van der Waals surface area contributed by atoms with Crippen molar-refractivity contribution in [2.24, 2.45) is 5.92 Å². The smallest absolute Gasteiger partial charge is 0.133 e. The van der Waals surface area contributed by atoms with Crippen LogP contribution in [0.5, 0.6) is 5.75 Å². The molecule has 1 aliphatic rings. The SMILES string of the molecule is COc1ccc(NCC2CNC2)cc1Br. The van der Waals surface area contributed by atoms with Crippen molar-refractivity contribution < 1.29 is 4.74 Å².